The molecule has 6 nitrogen and oxygen atoms in total. The van der Waals surface area contributed by atoms with Gasteiger partial charge in [-0.15, -0.1) is 0 Å². The molecule has 1 aromatic carbocycles. The lowest BCUT2D eigenvalue weighted by Gasteiger charge is -2.13. The van der Waals surface area contributed by atoms with Crippen LogP contribution in [0.4, 0.5) is 0 Å². The van der Waals surface area contributed by atoms with E-state index < -0.39 is 12.1 Å². The summed E-state index contributed by atoms with van der Waals surface area (Å²) in [5.41, 5.74) is 0.791. The minimum absolute atomic E-state index is 0.157. The average Bonchev–Trinajstić information content (AvgIpc) is 2.60. The molecule has 23 heavy (non-hydrogen) atoms. The summed E-state index contributed by atoms with van der Waals surface area (Å²) in [6.07, 6.45) is 2.85. The number of amides is 1. The van der Waals surface area contributed by atoms with Gasteiger partial charge in [-0.2, -0.15) is 0 Å². The Morgan fingerprint density at radius 2 is 1.96 bits per heavy atom. The second-order valence-electron chi connectivity index (χ2n) is 4.80. The molecule has 1 aromatic heterocycles. The maximum atomic E-state index is 11.7. The molecule has 1 atom stereocenters. The third-order valence-electron chi connectivity index (χ3n) is 3.01. The van der Waals surface area contributed by atoms with Crippen LogP contribution in [0.2, 0.25) is 0 Å². The molecule has 1 heterocycles. The highest BCUT2D eigenvalue weighted by molar-refractivity contribution is 5.82. The summed E-state index contributed by atoms with van der Waals surface area (Å²) in [7, 11) is 0. The van der Waals surface area contributed by atoms with Gasteiger partial charge < -0.3 is 14.8 Å². The molecule has 0 fully saturated rings. The Kier molecular flexibility index (Phi) is 6.11. The number of carbonyl (C=O) groups excluding carboxylic acids is 2. The number of pyridine rings is 1. The third kappa shape index (κ3) is 5.78. The molecular formula is C17H18N2O4. The molecule has 0 saturated carbocycles. The zero-order valence-corrected chi connectivity index (χ0v) is 12.8. The number of esters is 1. The molecule has 2 rings (SSSR count). The van der Waals surface area contributed by atoms with Crippen LogP contribution in [0.15, 0.2) is 54.9 Å². The monoisotopic (exact) mass is 314 g/mol. The minimum atomic E-state index is -0.519. The van der Waals surface area contributed by atoms with E-state index in [1.165, 1.54) is 0 Å². The van der Waals surface area contributed by atoms with Crippen molar-refractivity contribution in [3.05, 3.63) is 60.4 Å². The lowest BCUT2D eigenvalue weighted by Crippen LogP contribution is -2.34. The van der Waals surface area contributed by atoms with Gasteiger partial charge in [0.05, 0.1) is 0 Å². The zero-order chi connectivity index (χ0) is 16.5. The highest BCUT2D eigenvalue weighted by atomic mass is 16.5. The summed E-state index contributed by atoms with van der Waals surface area (Å²) in [6, 6.07) is 12.6. The Hall–Kier alpha value is -2.89. The van der Waals surface area contributed by atoms with Gasteiger partial charge in [0.25, 0.3) is 5.91 Å². The molecule has 0 spiro atoms. The first-order chi connectivity index (χ1) is 11.1. The fourth-order valence-corrected chi connectivity index (χ4v) is 1.81. The summed E-state index contributed by atoms with van der Waals surface area (Å²) in [5, 5.41) is 2.46. The van der Waals surface area contributed by atoms with E-state index in [1.807, 2.05) is 24.3 Å². The van der Waals surface area contributed by atoms with E-state index in [4.69, 9.17) is 9.47 Å². The Balaban J connectivity index is 1.68. The smallest absolute Gasteiger partial charge is 0.326 e. The molecule has 0 aliphatic carbocycles. The van der Waals surface area contributed by atoms with Crippen molar-refractivity contribution in [1.29, 1.82) is 0 Å². The number of benzene rings is 1. The third-order valence-corrected chi connectivity index (χ3v) is 3.01. The van der Waals surface area contributed by atoms with E-state index in [9.17, 15) is 9.59 Å². The summed E-state index contributed by atoms with van der Waals surface area (Å²) in [5.74, 6) is -0.315. The van der Waals surface area contributed by atoms with Crippen LogP contribution in [-0.4, -0.2) is 30.0 Å². The Morgan fingerprint density at radius 3 is 2.65 bits per heavy atom. The van der Waals surface area contributed by atoms with Crippen LogP contribution < -0.4 is 10.1 Å². The summed E-state index contributed by atoms with van der Waals surface area (Å²) in [4.78, 5) is 27.3. The Bertz CT molecular complexity index is 632. The van der Waals surface area contributed by atoms with E-state index in [1.54, 1.807) is 37.5 Å². The summed E-state index contributed by atoms with van der Waals surface area (Å²) >= 11 is 0. The highest BCUT2D eigenvalue weighted by Crippen LogP contribution is 2.14. The highest BCUT2D eigenvalue weighted by Gasteiger charge is 2.13. The van der Waals surface area contributed by atoms with Gasteiger partial charge in [-0.05, 0) is 25.1 Å². The molecular weight excluding hydrogens is 296 g/mol. The number of hydrogen-bond acceptors (Lipinski definition) is 5. The van der Waals surface area contributed by atoms with Crippen molar-refractivity contribution < 1.29 is 19.1 Å². The molecule has 0 radical (unpaired) electrons. The number of rotatable bonds is 7. The van der Waals surface area contributed by atoms with Crippen LogP contribution in [0.25, 0.3) is 0 Å². The molecule has 0 aliphatic heterocycles. The molecule has 0 saturated heterocycles. The topological polar surface area (TPSA) is 77.5 Å². The predicted molar refractivity (Wildman–Crippen MR) is 83.7 cm³/mol. The standard InChI is InChI=1S/C17H18N2O4/c1-13(14-6-5-9-18-10-14)23-17(21)11-19-16(20)12-22-15-7-3-2-4-8-15/h2-10,13H,11-12H2,1H3,(H,19,20). The molecule has 0 bridgehead atoms. The fourth-order valence-electron chi connectivity index (χ4n) is 1.81. The molecule has 0 aliphatic rings. The van der Waals surface area contributed by atoms with Crippen molar-refractivity contribution in [2.45, 2.75) is 13.0 Å². The van der Waals surface area contributed by atoms with Gasteiger partial charge in [0.1, 0.15) is 18.4 Å². The van der Waals surface area contributed by atoms with E-state index in [0.717, 1.165) is 5.56 Å². The maximum Gasteiger partial charge on any atom is 0.326 e. The minimum Gasteiger partial charge on any atom is -0.484 e. The van der Waals surface area contributed by atoms with E-state index in [0.29, 0.717) is 5.75 Å². The van der Waals surface area contributed by atoms with Crippen molar-refractivity contribution in [2.75, 3.05) is 13.2 Å². The number of nitrogens with one attached hydrogen (secondary N) is 1. The number of carbonyl (C=O) groups is 2. The van der Waals surface area contributed by atoms with Gasteiger partial charge in [-0.3, -0.25) is 14.6 Å². The Labute approximate surface area is 134 Å². The lowest BCUT2D eigenvalue weighted by molar-refractivity contribution is -0.148. The number of hydrogen-bond donors (Lipinski definition) is 1. The van der Waals surface area contributed by atoms with Crippen molar-refractivity contribution in [3.8, 4) is 5.75 Å². The van der Waals surface area contributed by atoms with Crippen molar-refractivity contribution in [2.24, 2.45) is 0 Å². The largest absolute Gasteiger partial charge is 0.484 e. The molecule has 6 heteroatoms. The van der Waals surface area contributed by atoms with Crippen molar-refractivity contribution in [1.82, 2.24) is 10.3 Å². The van der Waals surface area contributed by atoms with Crippen LogP contribution >= 0.6 is 0 Å². The van der Waals surface area contributed by atoms with Crippen LogP contribution in [0.5, 0.6) is 5.75 Å². The number of para-hydroxylation sites is 1. The van der Waals surface area contributed by atoms with Gasteiger partial charge in [-0.25, -0.2) is 0 Å². The average molecular weight is 314 g/mol. The SMILES string of the molecule is CC(OC(=O)CNC(=O)COc1ccccc1)c1cccnc1. The van der Waals surface area contributed by atoms with Gasteiger partial charge in [-0.1, -0.05) is 24.3 Å². The van der Waals surface area contributed by atoms with Crippen LogP contribution in [0.1, 0.15) is 18.6 Å². The zero-order valence-electron chi connectivity index (χ0n) is 12.8. The molecule has 1 unspecified atom stereocenters. The van der Waals surface area contributed by atoms with Gasteiger partial charge in [0.2, 0.25) is 0 Å². The molecule has 1 N–H and O–H groups in total. The lowest BCUT2D eigenvalue weighted by atomic mass is 10.2. The van der Waals surface area contributed by atoms with Gasteiger partial charge >= 0.3 is 5.97 Å². The molecule has 2 aromatic rings. The summed E-state index contributed by atoms with van der Waals surface area (Å²) in [6.45, 7) is 1.38. The van der Waals surface area contributed by atoms with E-state index in [2.05, 4.69) is 10.3 Å². The number of aromatic nitrogens is 1. The van der Waals surface area contributed by atoms with E-state index in [-0.39, 0.29) is 19.1 Å². The first kappa shape index (κ1) is 16.5. The number of ether oxygens (including phenoxy) is 2. The summed E-state index contributed by atoms with van der Waals surface area (Å²) < 4.78 is 10.5. The maximum absolute atomic E-state index is 11.7. The van der Waals surface area contributed by atoms with Crippen LogP contribution in [0, 0.1) is 0 Å². The Morgan fingerprint density at radius 1 is 1.17 bits per heavy atom. The normalized spacial score (nSPS) is 11.3. The molecule has 120 valence electrons. The van der Waals surface area contributed by atoms with Gasteiger partial charge in [0, 0.05) is 18.0 Å². The quantitative estimate of drug-likeness (QED) is 0.790. The second-order valence-corrected chi connectivity index (χ2v) is 4.80. The molecule has 1 amide bonds. The first-order valence-corrected chi connectivity index (χ1v) is 7.19. The van der Waals surface area contributed by atoms with Gasteiger partial charge in [0.15, 0.2) is 6.61 Å². The number of nitrogens with zero attached hydrogens (tertiary/aromatic N) is 1. The van der Waals surface area contributed by atoms with Crippen LogP contribution in [-0.2, 0) is 14.3 Å². The van der Waals surface area contributed by atoms with Crippen molar-refractivity contribution in [3.63, 3.8) is 0 Å². The fraction of sp³-hybridized carbons (Fsp3) is 0.235. The second kappa shape index (κ2) is 8.53. The predicted octanol–water partition coefficient (Wildman–Crippen LogP) is 1.88. The van der Waals surface area contributed by atoms with Crippen molar-refractivity contribution >= 4 is 11.9 Å². The van der Waals surface area contributed by atoms with Crippen LogP contribution in [0.3, 0.4) is 0 Å². The first-order valence-electron chi connectivity index (χ1n) is 7.19. The van der Waals surface area contributed by atoms with E-state index >= 15 is 0 Å².